The number of hydrogen-bond acceptors (Lipinski definition) is 8. The van der Waals surface area contributed by atoms with E-state index in [4.69, 9.17) is 9.57 Å². The Balaban J connectivity index is 2.24. The quantitative estimate of drug-likeness (QED) is 0.0521. The first-order valence-electron chi connectivity index (χ1n) is 15.2. The van der Waals surface area contributed by atoms with Gasteiger partial charge in [0.15, 0.2) is 0 Å². The highest BCUT2D eigenvalue weighted by molar-refractivity contribution is 5.75. The molecule has 8 atom stereocenters. The highest BCUT2D eigenvalue weighted by atomic mass is 17.0. The summed E-state index contributed by atoms with van der Waals surface area (Å²) >= 11 is 0. The topological polar surface area (TPSA) is 168 Å². The van der Waals surface area contributed by atoms with Gasteiger partial charge in [0.1, 0.15) is 12.2 Å². The molecular formula is C32H48N2O9. The second-order valence-corrected chi connectivity index (χ2v) is 11.4. The van der Waals surface area contributed by atoms with Crippen molar-refractivity contribution in [3.8, 4) is 0 Å². The molecule has 0 heterocycles. The molecule has 4 unspecified atom stereocenters. The lowest BCUT2D eigenvalue weighted by molar-refractivity contribution is -0.768. The summed E-state index contributed by atoms with van der Waals surface area (Å²) in [6.45, 7) is 7.94. The Bertz CT molecular complexity index is 1030. The number of nitrogens with one attached hydrogen (secondary N) is 1. The van der Waals surface area contributed by atoms with Crippen LogP contribution < -0.4 is 5.32 Å². The van der Waals surface area contributed by atoms with E-state index in [2.05, 4.69) is 11.9 Å². The van der Waals surface area contributed by atoms with E-state index in [0.29, 0.717) is 45.1 Å². The summed E-state index contributed by atoms with van der Waals surface area (Å²) in [7, 11) is 0. The number of carbonyl (C=O) groups excluding carboxylic acids is 1. The molecule has 1 aliphatic carbocycles. The van der Waals surface area contributed by atoms with Gasteiger partial charge in [-0.25, -0.2) is 4.79 Å². The number of benzene rings is 1. The maximum atomic E-state index is 11.8. The van der Waals surface area contributed by atoms with Crippen LogP contribution in [0.2, 0.25) is 0 Å². The molecule has 1 amide bonds. The van der Waals surface area contributed by atoms with Gasteiger partial charge in [0, 0.05) is 18.9 Å². The maximum absolute atomic E-state index is 11.8. The van der Waals surface area contributed by atoms with Crippen LogP contribution >= 0.6 is 0 Å². The van der Waals surface area contributed by atoms with E-state index >= 15 is 0 Å². The molecule has 11 heteroatoms. The van der Waals surface area contributed by atoms with E-state index in [1.165, 1.54) is 0 Å². The molecule has 4 N–H and O–H groups in total. The van der Waals surface area contributed by atoms with Gasteiger partial charge < -0.3 is 30.2 Å². The summed E-state index contributed by atoms with van der Waals surface area (Å²) in [4.78, 5) is 39.3. The van der Waals surface area contributed by atoms with Crippen molar-refractivity contribution in [2.24, 2.45) is 23.7 Å². The molecule has 1 aromatic rings. The van der Waals surface area contributed by atoms with E-state index in [9.17, 15) is 35.0 Å². The first-order valence-corrected chi connectivity index (χ1v) is 15.2. The van der Waals surface area contributed by atoms with Gasteiger partial charge in [-0.05, 0) is 88.5 Å². The zero-order chi connectivity index (χ0) is 31.8. The third kappa shape index (κ3) is 12.8. The van der Waals surface area contributed by atoms with Gasteiger partial charge in [-0.2, -0.15) is 0 Å². The monoisotopic (exact) mass is 604 g/mol. The summed E-state index contributed by atoms with van der Waals surface area (Å²) in [6.07, 6.45) is 4.72. The molecule has 1 saturated carbocycles. The summed E-state index contributed by atoms with van der Waals surface area (Å²) in [6, 6.07) is 9.76. The molecule has 11 nitrogen and oxygen atoms in total. The molecule has 1 fully saturated rings. The Morgan fingerprint density at radius 1 is 1.19 bits per heavy atom. The van der Waals surface area contributed by atoms with Crippen LogP contribution in [0, 0.1) is 33.8 Å². The predicted molar refractivity (Wildman–Crippen MR) is 162 cm³/mol. The van der Waals surface area contributed by atoms with Gasteiger partial charge in [-0.3, -0.25) is 4.79 Å². The van der Waals surface area contributed by atoms with Gasteiger partial charge in [0.25, 0.3) is 5.09 Å². The Morgan fingerprint density at radius 2 is 1.91 bits per heavy atom. The van der Waals surface area contributed by atoms with Crippen LogP contribution in [0.4, 0.5) is 4.79 Å². The lowest BCUT2D eigenvalue weighted by Gasteiger charge is -2.36. The Hall–Kier alpha value is -3.44. The average Bonchev–Trinajstić information content (AvgIpc) is 3.22. The molecule has 0 spiro atoms. The largest absolute Gasteiger partial charge is 0.506 e. The summed E-state index contributed by atoms with van der Waals surface area (Å²) in [5.74, 6) is -1.65. The van der Waals surface area contributed by atoms with Crippen LogP contribution in [0.25, 0.3) is 0 Å². The van der Waals surface area contributed by atoms with E-state index < -0.39 is 47.5 Å². The fourth-order valence-corrected chi connectivity index (χ4v) is 6.33. The molecule has 0 aliphatic heterocycles. The van der Waals surface area contributed by atoms with Gasteiger partial charge in [0.05, 0.1) is 12.2 Å². The van der Waals surface area contributed by atoms with Crippen molar-refractivity contribution in [3.05, 3.63) is 70.8 Å². The first-order chi connectivity index (χ1) is 20.5. The van der Waals surface area contributed by atoms with Crippen molar-refractivity contribution in [3.63, 3.8) is 0 Å². The minimum atomic E-state index is -1.44. The number of aliphatic hydroxyl groups excluding tert-OH is 2. The van der Waals surface area contributed by atoms with Crippen LogP contribution in [-0.2, 0) is 20.8 Å². The number of allylic oxidation sites excluding steroid dienone is 2. The third-order valence-electron chi connectivity index (χ3n) is 8.26. The molecule has 43 heavy (non-hydrogen) atoms. The second-order valence-electron chi connectivity index (χ2n) is 11.4. The molecule has 0 aromatic heterocycles. The zero-order valence-electron chi connectivity index (χ0n) is 25.3. The third-order valence-corrected chi connectivity index (χ3v) is 8.26. The van der Waals surface area contributed by atoms with E-state index in [1.54, 1.807) is 13.0 Å². The summed E-state index contributed by atoms with van der Waals surface area (Å²) in [5.41, 5.74) is 1.08. The van der Waals surface area contributed by atoms with Crippen molar-refractivity contribution in [2.45, 2.75) is 96.1 Å². The van der Waals surface area contributed by atoms with Crippen molar-refractivity contribution < 1.29 is 39.6 Å². The van der Waals surface area contributed by atoms with Gasteiger partial charge in [0.2, 0.25) is 5.91 Å². The molecule has 2 rings (SSSR count). The van der Waals surface area contributed by atoms with Crippen molar-refractivity contribution in [2.75, 3.05) is 6.54 Å². The summed E-state index contributed by atoms with van der Waals surface area (Å²) < 4.78 is 5.38. The lowest BCUT2D eigenvalue weighted by atomic mass is 9.74. The number of nitrogens with zero attached hydrogens (tertiary/aromatic N) is 1. The van der Waals surface area contributed by atoms with Crippen LogP contribution in [0.3, 0.4) is 0 Å². The Labute approximate surface area is 254 Å². The van der Waals surface area contributed by atoms with E-state index in [1.807, 2.05) is 49.4 Å². The fourth-order valence-electron chi connectivity index (χ4n) is 6.33. The fraction of sp³-hybridized carbons (Fsp3) is 0.625. The number of amides is 1. The average molecular weight is 605 g/mol. The highest BCUT2D eigenvalue weighted by Gasteiger charge is 2.46. The zero-order valence-corrected chi connectivity index (χ0v) is 25.3. The number of carboxylic acid groups (broad SMARTS) is 1. The molecule has 0 saturated heterocycles. The number of ether oxygens (including phenoxy) is 1. The Kier molecular flexibility index (Phi) is 15.8. The lowest BCUT2D eigenvalue weighted by Crippen LogP contribution is -2.37. The molecule has 0 radical (unpaired) electrons. The van der Waals surface area contributed by atoms with Crippen molar-refractivity contribution in [1.29, 1.82) is 0 Å². The minimum absolute atomic E-state index is 0.000984. The molecule has 0 bridgehead atoms. The molecular weight excluding hydrogens is 556 g/mol. The standard InChI is InChI=1S/C32H48N2O9/c1-4-24(18-17-23-13-9-8-10-14-23)29(42-32(38)39)20-25(19-22(3)43-34(40)41)31-26(27(35)21-28(31)36)15-11-6-7-12-16-30(37)33-5-2/h4,6,8-11,13-14,22,24-29,31,35-36H,1,5,7,12,15-21H2,2-3H3,(H,33,37)(H,38,39)/t22?,24?,25?,26-,27-,28+,29?,31+/m0/s1. The van der Waals surface area contributed by atoms with Crippen LogP contribution in [0.15, 0.2) is 55.1 Å². The number of aryl methyl sites for hydroxylation is 1. The van der Waals surface area contributed by atoms with Gasteiger partial charge >= 0.3 is 6.16 Å². The number of unbranched alkanes of at least 4 members (excludes halogenated alkanes) is 1. The number of carbonyl (C=O) groups is 2. The predicted octanol–water partition coefficient (Wildman–Crippen LogP) is 5.09. The number of hydrogen-bond donors (Lipinski definition) is 4. The normalized spacial score (nSPS) is 22.8. The number of aliphatic hydroxyl groups is 2. The maximum Gasteiger partial charge on any atom is 0.506 e. The second kappa shape index (κ2) is 19.0. The Morgan fingerprint density at radius 3 is 2.53 bits per heavy atom. The van der Waals surface area contributed by atoms with E-state index in [0.717, 1.165) is 5.56 Å². The SMILES string of the molecule is C=CC(CCc1ccccc1)C(CC(CC(C)O[N+](=O)[O-])[C@@H]1[C@@H](CC=CCCCC(=O)NCC)[C@@H](O)C[C@H]1O)OC(=O)O. The van der Waals surface area contributed by atoms with Crippen molar-refractivity contribution in [1.82, 2.24) is 5.32 Å². The minimum Gasteiger partial charge on any atom is -0.450 e. The molecule has 240 valence electrons. The molecule has 1 aliphatic rings. The van der Waals surface area contributed by atoms with Gasteiger partial charge in [-0.15, -0.1) is 16.7 Å². The highest BCUT2D eigenvalue weighted by Crippen LogP contribution is 2.44. The summed E-state index contributed by atoms with van der Waals surface area (Å²) in [5, 5.41) is 44.6. The van der Waals surface area contributed by atoms with Crippen LogP contribution in [0.5, 0.6) is 0 Å². The van der Waals surface area contributed by atoms with E-state index in [-0.39, 0.29) is 37.0 Å². The smallest absolute Gasteiger partial charge is 0.450 e. The van der Waals surface area contributed by atoms with Crippen LogP contribution in [0.1, 0.15) is 70.8 Å². The first kappa shape index (κ1) is 35.8. The van der Waals surface area contributed by atoms with Crippen molar-refractivity contribution >= 4 is 12.1 Å². The van der Waals surface area contributed by atoms with Gasteiger partial charge in [-0.1, -0.05) is 48.6 Å². The number of rotatable bonds is 20. The van der Waals surface area contributed by atoms with Crippen LogP contribution in [-0.4, -0.2) is 63.4 Å². The molecule has 1 aromatic carbocycles.